The van der Waals surface area contributed by atoms with E-state index >= 15 is 0 Å². The Morgan fingerprint density at radius 2 is 1.83 bits per heavy atom. The molecule has 0 atom stereocenters. The Balaban J connectivity index is 0. The number of carbonyl (C=O) groups is 2. The van der Waals surface area contributed by atoms with Crippen LogP contribution < -0.4 is 5.32 Å². The van der Waals surface area contributed by atoms with Crippen LogP contribution in [0.4, 0.5) is 0 Å². The van der Waals surface area contributed by atoms with Gasteiger partial charge in [-0.05, 0) is 18.6 Å². The second-order valence-electron chi connectivity index (χ2n) is 4.11. The molecule has 0 aromatic heterocycles. The molecule has 5 nitrogen and oxygen atoms in total. The minimum atomic E-state index is -0.347. The van der Waals surface area contributed by atoms with E-state index in [9.17, 15) is 9.59 Å². The lowest BCUT2D eigenvalue weighted by Gasteiger charge is -1.94. The summed E-state index contributed by atoms with van der Waals surface area (Å²) in [6.07, 6.45) is 3.00. The third-order valence-corrected chi connectivity index (χ3v) is 2.17. The predicted octanol–water partition coefficient (Wildman–Crippen LogP) is 2.35. The summed E-state index contributed by atoms with van der Waals surface area (Å²) >= 11 is 0. The van der Waals surface area contributed by atoms with Gasteiger partial charge in [0.05, 0.1) is 13.7 Å². The van der Waals surface area contributed by atoms with Gasteiger partial charge in [0.25, 0.3) is 0 Å². The normalized spacial score (nSPS) is 8.13. The number of esters is 1. The highest BCUT2D eigenvalue weighted by molar-refractivity contribution is 5.87. The van der Waals surface area contributed by atoms with Crippen LogP contribution in [0, 0.1) is 0 Å². The lowest BCUT2D eigenvalue weighted by molar-refractivity contribution is -0.136. The number of methoxy groups -OCH3 is 1. The fourth-order valence-corrected chi connectivity index (χ4v) is 1.01. The lowest BCUT2D eigenvalue weighted by atomic mass is 10.2. The zero-order valence-corrected chi connectivity index (χ0v) is 13.7. The zero-order chi connectivity index (χ0) is 18.1. The van der Waals surface area contributed by atoms with Gasteiger partial charge in [0, 0.05) is 12.1 Å². The van der Waals surface area contributed by atoms with Crippen molar-refractivity contribution in [3.63, 3.8) is 0 Å². The molecule has 1 rings (SSSR count). The second kappa shape index (κ2) is 15.7. The number of aliphatic hydroxyl groups is 1. The molecule has 0 aliphatic rings. The highest BCUT2D eigenvalue weighted by Gasteiger charge is 1.95. The van der Waals surface area contributed by atoms with Crippen molar-refractivity contribution in [1.29, 1.82) is 0 Å². The number of carbonyl (C=O) groups excluding carboxylic acids is 2. The third kappa shape index (κ3) is 15.5. The fourth-order valence-electron chi connectivity index (χ4n) is 1.01. The van der Waals surface area contributed by atoms with Crippen LogP contribution in [0.1, 0.15) is 12.5 Å². The molecule has 1 aromatic rings. The minimum absolute atomic E-state index is 0.0282. The molecule has 0 radical (unpaired) electrons. The van der Waals surface area contributed by atoms with Gasteiger partial charge < -0.3 is 15.2 Å². The highest BCUT2D eigenvalue weighted by Crippen LogP contribution is 1.97. The quantitative estimate of drug-likeness (QED) is 0.645. The van der Waals surface area contributed by atoms with E-state index in [2.05, 4.69) is 29.8 Å². The Hall–Kier alpha value is -2.66. The van der Waals surface area contributed by atoms with Crippen molar-refractivity contribution >= 4 is 18.0 Å². The van der Waals surface area contributed by atoms with E-state index < -0.39 is 0 Å². The molecular formula is C18H25NO4. The van der Waals surface area contributed by atoms with Crippen molar-refractivity contribution in [2.45, 2.75) is 6.92 Å². The van der Waals surface area contributed by atoms with E-state index in [0.717, 1.165) is 6.08 Å². The summed E-state index contributed by atoms with van der Waals surface area (Å²) in [5.74, 6) is -0.598. The van der Waals surface area contributed by atoms with Crippen LogP contribution in [-0.4, -0.2) is 37.2 Å². The van der Waals surface area contributed by atoms with Gasteiger partial charge in [0.1, 0.15) is 0 Å². The van der Waals surface area contributed by atoms with Gasteiger partial charge >= 0.3 is 5.97 Å². The van der Waals surface area contributed by atoms with E-state index in [1.54, 1.807) is 6.92 Å². The standard InChI is InChI=1S/C8H8.C5H9NO2.C5H8O2/c1-2-8-6-4-3-5-7-8;1-2-5(8)6-3-4-7;1-4(2)5(6)7-3/h2-7H,1H2;2,7H,1,3-4H2,(H,6,8);1H2,2-3H3. The average Bonchev–Trinajstić information content (AvgIpc) is 2.60. The number of aliphatic hydroxyl groups excluding tert-OH is 1. The average molecular weight is 319 g/mol. The lowest BCUT2D eigenvalue weighted by Crippen LogP contribution is -2.23. The van der Waals surface area contributed by atoms with Crippen molar-refractivity contribution in [2.75, 3.05) is 20.3 Å². The second-order valence-corrected chi connectivity index (χ2v) is 4.11. The number of rotatable bonds is 5. The van der Waals surface area contributed by atoms with Gasteiger partial charge in [-0.1, -0.05) is 56.1 Å². The SMILES string of the molecule is C=C(C)C(=O)OC.C=CC(=O)NCCO.C=Cc1ccccc1. The largest absolute Gasteiger partial charge is 0.466 e. The predicted molar refractivity (Wildman–Crippen MR) is 93.7 cm³/mol. The van der Waals surface area contributed by atoms with Crippen molar-refractivity contribution in [2.24, 2.45) is 0 Å². The number of hydrogen-bond donors (Lipinski definition) is 2. The van der Waals surface area contributed by atoms with Gasteiger partial charge in [0.15, 0.2) is 0 Å². The summed E-state index contributed by atoms with van der Waals surface area (Å²) in [5.41, 5.74) is 1.61. The Kier molecular flexibility index (Phi) is 15.5. The fraction of sp³-hybridized carbons (Fsp3) is 0.222. The molecule has 23 heavy (non-hydrogen) atoms. The molecule has 0 fully saturated rings. The number of ether oxygens (including phenoxy) is 1. The monoisotopic (exact) mass is 319 g/mol. The Labute approximate surface area is 138 Å². The molecule has 0 heterocycles. The molecule has 0 unspecified atom stereocenters. The number of amides is 1. The van der Waals surface area contributed by atoms with E-state index in [-0.39, 0.29) is 18.5 Å². The Morgan fingerprint density at radius 1 is 1.26 bits per heavy atom. The highest BCUT2D eigenvalue weighted by atomic mass is 16.5. The van der Waals surface area contributed by atoms with E-state index in [0.29, 0.717) is 12.1 Å². The van der Waals surface area contributed by atoms with Crippen molar-refractivity contribution in [1.82, 2.24) is 5.32 Å². The van der Waals surface area contributed by atoms with Crippen molar-refractivity contribution < 1.29 is 19.4 Å². The molecular weight excluding hydrogens is 294 g/mol. The first kappa shape index (κ1) is 22.6. The van der Waals surface area contributed by atoms with Crippen LogP contribution >= 0.6 is 0 Å². The van der Waals surface area contributed by atoms with E-state index in [4.69, 9.17) is 5.11 Å². The topological polar surface area (TPSA) is 75.6 Å². The van der Waals surface area contributed by atoms with Gasteiger partial charge in [-0.3, -0.25) is 4.79 Å². The van der Waals surface area contributed by atoms with Gasteiger partial charge in [0.2, 0.25) is 5.91 Å². The summed E-state index contributed by atoms with van der Waals surface area (Å²) in [4.78, 5) is 20.4. The first-order valence-electron chi connectivity index (χ1n) is 6.85. The van der Waals surface area contributed by atoms with Crippen molar-refractivity contribution in [3.05, 3.63) is 67.3 Å². The zero-order valence-electron chi connectivity index (χ0n) is 13.7. The number of benzene rings is 1. The Bertz CT molecular complexity index is 495. The molecule has 5 heteroatoms. The molecule has 0 saturated carbocycles. The Morgan fingerprint density at radius 3 is 2.09 bits per heavy atom. The first-order chi connectivity index (χ1) is 10.9. The molecule has 126 valence electrons. The maximum absolute atomic E-state index is 10.2. The molecule has 0 bridgehead atoms. The molecule has 0 aliphatic heterocycles. The number of hydrogen-bond acceptors (Lipinski definition) is 4. The summed E-state index contributed by atoms with van der Waals surface area (Å²) < 4.78 is 4.27. The van der Waals surface area contributed by atoms with E-state index in [1.807, 2.05) is 36.4 Å². The van der Waals surface area contributed by atoms with E-state index in [1.165, 1.54) is 12.7 Å². The maximum atomic E-state index is 10.2. The molecule has 2 N–H and O–H groups in total. The minimum Gasteiger partial charge on any atom is -0.466 e. The summed E-state index contributed by atoms with van der Waals surface area (Å²) in [6.45, 7) is 12.1. The summed E-state index contributed by atoms with van der Waals surface area (Å²) in [7, 11) is 1.33. The summed E-state index contributed by atoms with van der Waals surface area (Å²) in [6, 6.07) is 10.0. The molecule has 0 saturated heterocycles. The molecule has 1 amide bonds. The molecule has 0 spiro atoms. The van der Waals surface area contributed by atoms with Crippen LogP contribution in [0.25, 0.3) is 6.08 Å². The molecule has 0 aliphatic carbocycles. The first-order valence-corrected chi connectivity index (χ1v) is 6.85. The van der Waals surface area contributed by atoms with Gasteiger partial charge in [-0.2, -0.15) is 0 Å². The summed E-state index contributed by atoms with van der Waals surface area (Å²) in [5, 5.41) is 10.5. The van der Waals surface area contributed by atoms with Crippen molar-refractivity contribution in [3.8, 4) is 0 Å². The smallest absolute Gasteiger partial charge is 0.332 e. The van der Waals surface area contributed by atoms with Gasteiger partial charge in [-0.15, -0.1) is 0 Å². The third-order valence-electron chi connectivity index (χ3n) is 2.17. The van der Waals surface area contributed by atoms with Gasteiger partial charge in [-0.25, -0.2) is 4.79 Å². The maximum Gasteiger partial charge on any atom is 0.332 e. The van der Waals surface area contributed by atoms with Crippen LogP contribution in [0.15, 0.2) is 61.7 Å². The number of nitrogens with one attached hydrogen (secondary N) is 1. The van der Waals surface area contributed by atoms with Crippen LogP contribution in [0.3, 0.4) is 0 Å². The van der Waals surface area contributed by atoms with Crippen LogP contribution in [0.5, 0.6) is 0 Å². The van der Waals surface area contributed by atoms with Crippen LogP contribution in [-0.2, 0) is 14.3 Å². The van der Waals surface area contributed by atoms with Crippen LogP contribution in [0.2, 0.25) is 0 Å². The molecule has 1 aromatic carbocycles.